The number of piperidine rings is 1. The lowest BCUT2D eigenvalue weighted by atomic mass is 9.93. The quantitative estimate of drug-likeness (QED) is 0.793. The second-order valence-corrected chi connectivity index (χ2v) is 6.25. The highest BCUT2D eigenvalue weighted by molar-refractivity contribution is 5.89. The summed E-state index contributed by atoms with van der Waals surface area (Å²) >= 11 is 0. The van der Waals surface area contributed by atoms with Crippen LogP contribution in [0.1, 0.15) is 33.6 Å². The summed E-state index contributed by atoms with van der Waals surface area (Å²) in [6.07, 6.45) is 1.39. The van der Waals surface area contributed by atoms with E-state index in [0.29, 0.717) is 39.0 Å². The molecule has 118 valence electrons. The fourth-order valence-corrected chi connectivity index (χ4v) is 3.03. The topological polar surface area (TPSA) is 69.7 Å². The van der Waals surface area contributed by atoms with Crippen LogP contribution in [0.2, 0.25) is 0 Å². The number of hydrogen-bond acceptors (Lipinski definition) is 3. The molecule has 0 aromatic carbocycles. The Balaban J connectivity index is 1.91. The summed E-state index contributed by atoms with van der Waals surface area (Å²) in [7, 11) is 0. The van der Waals surface area contributed by atoms with Crippen LogP contribution in [-0.2, 0) is 14.4 Å². The summed E-state index contributed by atoms with van der Waals surface area (Å²) in [5, 5.41) is 2.77. The van der Waals surface area contributed by atoms with Gasteiger partial charge < -0.3 is 15.1 Å². The summed E-state index contributed by atoms with van der Waals surface area (Å²) < 4.78 is 0. The van der Waals surface area contributed by atoms with Gasteiger partial charge in [0, 0.05) is 38.0 Å². The van der Waals surface area contributed by atoms with Crippen molar-refractivity contribution in [3.8, 4) is 0 Å². The first-order valence-electron chi connectivity index (χ1n) is 7.78. The molecule has 2 aliphatic rings. The van der Waals surface area contributed by atoms with Crippen molar-refractivity contribution in [1.29, 1.82) is 0 Å². The fraction of sp³-hybridized carbons (Fsp3) is 0.800. The summed E-state index contributed by atoms with van der Waals surface area (Å²) in [5.74, 6) is 0.0836. The van der Waals surface area contributed by atoms with Crippen molar-refractivity contribution in [2.75, 3.05) is 26.2 Å². The normalized spacial score (nSPS) is 24.2. The molecule has 6 heteroatoms. The van der Waals surface area contributed by atoms with Gasteiger partial charge in [-0.1, -0.05) is 13.8 Å². The van der Waals surface area contributed by atoms with E-state index < -0.39 is 0 Å². The first kappa shape index (κ1) is 15.8. The molecule has 2 saturated heterocycles. The summed E-state index contributed by atoms with van der Waals surface area (Å²) in [6.45, 7) is 7.95. The lowest BCUT2D eigenvalue weighted by Crippen LogP contribution is -2.58. The molecule has 2 fully saturated rings. The number of hydrogen-bond donors (Lipinski definition) is 1. The third kappa shape index (κ3) is 3.36. The number of amides is 3. The minimum Gasteiger partial charge on any atom is -0.353 e. The van der Waals surface area contributed by atoms with Crippen molar-refractivity contribution >= 4 is 17.7 Å². The van der Waals surface area contributed by atoms with Crippen molar-refractivity contribution in [2.24, 2.45) is 11.8 Å². The number of nitrogens with zero attached hydrogens (tertiary/aromatic N) is 2. The number of piperazine rings is 1. The molecule has 0 aliphatic carbocycles. The minimum absolute atomic E-state index is 0.00284. The van der Waals surface area contributed by atoms with Gasteiger partial charge in [0.15, 0.2) is 0 Å². The Kier molecular flexibility index (Phi) is 4.85. The maximum atomic E-state index is 12.6. The van der Waals surface area contributed by atoms with Crippen molar-refractivity contribution in [3.63, 3.8) is 0 Å². The van der Waals surface area contributed by atoms with Crippen LogP contribution >= 0.6 is 0 Å². The Morgan fingerprint density at radius 3 is 2.38 bits per heavy atom. The number of likely N-dealkylation sites (tertiary alicyclic amines) is 1. The molecule has 0 spiro atoms. The van der Waals surface area contributed by atoms with Gasteiger partial charge in [-0.3, -0.25) is 14.4 Å². The third-order valence-corrected chi connectivity index (χ3v) is 4.43. The van der Waals surface area contributed by atoms with E-state index in [1.54, 1.807) is 11.8 Å². The van der Waals surface area contributed by atoms with Crippen LogP contribution in [0.3, 0.4) is 0 Å². The van der Waals surface area contributed by atoms with Crippen LogP contribution in [-0.4, -0.2) is 59.7 Å². The van der Waals surface area contributed by atoms with E-state index in [2.05, 4.69) is 5.32 Å². The molecule has 21 heavy (non-hydrogen) atoms. The van der Waals surface area contributed by atoms with Gasteiger partial charge in [0.1, 0.15) is 6.04 Å². The van der Waals surface area contributed by atoms with Gasteiger partial charge in [-0.15, -0.1) is 0 Å². The van der Waals surface area contributed by atoms with Gasteiger partial charge in [0.2, 0.25) is 17.7 Å². The number of carbonyl (C=O) groups is 3. The molecule has 2 aliphatic heterocycles. The highest BCUT2D eigenvalue weighted by atomic mass is 16.2. The van der Waals surface area contributed by atoms with Gasteiger partial charge in [-0.2, -0.15) is 0 Å². The molecule has 2 rings (SSSR count). The number of rotatable bonds is 2. The largest absolute Gasteiger partial charge is 0.353 e. The second-order valence-electron chi connectivity index (χ2n) is 6.25. The Morgan fingerprint density at radius 1 is 1.19 bits per heavy atom. The highest BCUT2D eigenvalue weighted by Gasteiger charge is 2.35. The predicted octanol–water partition coefficient (Wildman–Crippen LogP) is 0.228. The monoisotopic (exact) mass is 295 g/mol. The Hall–Kier alpha value is -1.59. The third-order valence-electron chi connectivity index (χ3n) is 4.43. The van der Waals surface area contributed by atoms with Crippen molar-refractivity contribution < 1.29 is 14.4 Å². The molecule has 0 aromatic heterocycles. The molecule has 2 heterocycles. The maximum Gasteiger partial charge on any atom is 0.242 e. The van der Waals surface area contributed by atoms with E-state index in [9.17, 15) is 14.4 Å². The molecule has 1 unspecified atom stereocenters. The standard InChI is InChI=1S/C15H25N3O3/c1-10(2)14(20)17-7-4-12(5-8-17)15(21)18-9-6-16-13(19)11(18)3/h10-12H,4-9H2,1-3H3,(H,16,19). The zero-order valence-electron chi connectivity index (χ0n) is 13.1. The molecule has 0 bridgehead atoms. The first-order valence-corrected chi connectivity index (χ1v) is 7.78. The maximum absolute atomic E-state index is 12.6. The lowest BCUT2D eigenvalue weighted by Gasteiger charge is -2.38. The molecule has 6 nitrogen and oxygen atoms in total. The van der Waals surface area contributed by atoms with Gasteiger partial charge >= 0.3 is 0 Å². The van der Waals surface area contributed by atoms with Gasteiger partial charge in [0.25, 0.3) is 0 Å². The van der Waals surface area contributed by atoms with Crippen molar-refractivity contribution in [1.82, 2.24) is 15.1 Å². The molecule has 1 N–H and O–H groups in total. The van der Waals surface area contributed by atoms with Crippen molar-refractivity contribution in [2.45, 2.75) is 39.7 Å². The molecule has 1 atom stereocenters. The first-order chi connectivity index (χ1) is 9.91. The van der Waals surface area contributed by atoms with E-state index in [0.717, 1.165) is 0 Å². The van der Waals surface area contributed by atoms with E-state index in [-0.39, 0.29) is 35.6 Å². The average Bonchev–Trinajstić information content (AvgIpc) is 2.48. The highest BCUT2D eigenvalue weighted by Crippen LogP contribution is 2.22. The second kappa shape index (κ2) is 6.45. The number of nitrogens with one attached hydrogen (secondary N) is 1. The Bertz CT molecular complexity index is 428. The van der Waals surface area contributed by atoms with Crippen LogP contribution < -0.4 is 5.32 Å². The van der Waals surface area contributed by atoms with Crippen LogP contribution in [0.15, 0.2) is 0 Å². The number of carbonyl (C=O) groups excluding carboxylic acids is 3. The average molecular weight is 295 g/mol. The molecule has 0 radical (unpaired) electrons. The molecular formula is C15H25N3O3. The van der Waals surface area contributed by atoms with Crippen LogP contribution in [0, 0.1) is 11.8 Å². The lowest BCUT2D eigenvalue weighted by molar-refractivity contribution is -0.148. The smallest absolute Gasteiger partial charge is 0.242 e. The SMILES string of the molecule is CC(C)C(=O)N1CCC(C(=O)N2CCNC(=O)C2C)CC1. The summed E-state index contributed by atoms with van der Waals surface area (Å²) in [4.78, 5) is 39.7. The van der Waals surface area contributed by atoms with Crippen LogP contribution in [0.5, 0.6) is 0 Å². The van der Waals surface area contributed by atoms with E-state index >= 15 is 0 Å². The molecular weight excluding hydrogens is 270 g/mol. The van der Waals surface area contributed by atoms with Crippen LogP contribution in [0.25, 0.3) is 0 Å². The predicted molar refractivity (Wildman–Crippen MR) is 78.3 cm³/mol. The summed E-state index contributed by atoms with van der Waals surface area (Å²) in [6, 6.07) is -0.387. The minimum atomic E-state index is -0.387. The fourth-order valence-electron chi connectivity index (χ4n) is 3.03. The van der Waals surface area contributed by atoms with Gasteiger partial charge in [-0.25, -0.2) is 0 Å². The Labute approximate surface area is 125 Å². The van der Waals surface area contributed by atoms with Crippen LogP contribution in [0.4, 0.5) is 0 Å². The summed E-state index contributed by atoms with van der Waals surface area (Å²) in [5.41, 5.74) is 0. The molecule has 0 saturated carbocycles. The zero-order chi connectivity index (χ0) is 15.6. The van der Waals surface area contributed by atoms with E-state index in [1.165, 1.54) is 0 Å². The molecule has 0 aromatic rings. The van der Waals surface area contributed by atoms with E-state index in [4.69, 9.17) is 0 Å². The van der Waals surface area contributed by atoms with Gasteiger partial charge in [0.05, 0.1) is 0 Å². The Morgan fingerprint density at radius 2 is 1.81 bits per heavy atom. The van der Waals surface area contributed by atoms with E-state index in [1.807, 2.05) is 18.7 Å². The molecule has 3 amide bonds. The van der Waals surface area contributed by atoms with Gasteiger partial charge in [-0.05, 0) is 19.8 Å². The zero-order valence-corrected chi connectivity index (χ0v) is 13.1. The van der Waals surface area contributed by atoms with Crippen molar-refractivity contribution in [3.05, 3.63) is 0 Å².